The number of halogens is 1. The number of hydrogen-bond acceptors (Lipinski definition) is 4. The molecule has 0 fully saturated rings. The molecule has 0 saturated carbocycles. The van der Waals surface area contributed by atoms with Crippen molar-refractivity contribution in [3.05, 3.63) is 47.2 Å². The Balaban J connectivity index is 2.28. The van der Waals surface area contributed by atoms with Gasteiger partial charge in [0.05, 0.1) is 5.02 Å². The van der Waals surface area contributed by atoms with Crippen molar-refractivity contribution in [2.24, 2.45) is 5.73 Å². The zero-order valence-electron chi connectivity index (χ0n) is 8.72. The first-order valence-corrected chi connectivity index (χ1v) is 5.96. The maximum atomic E-state index is 7.32. The summed E-state index contributed by atoms with van der Waals surface area (Å²) < 4.78 is 0. The number of nitrogen functional groups attached to an aromatic ring is 1. The predicted molar refractivity (Wildman–Crippen MR) is 68.6 cm³/mol. The highest BCUT2D eigenvalue weighted by Gasteiger charge is 2.06. The summed E-state index contributed by atoms with van der Waals surface area (Å²) in [7, 11) is 0. The first kappa shape index (κ1) is 11.9. The molecule has 0 bridgehead atoms. The van der Waals surface area contributed by atoms with E-state index in [1.54, 1.807) is 30.5 Å². The molecular formula is C11H9ClN4S. The van der Waals surface area contributed by atoms with Crippen LogP contribution in [-0.2, 0) is 0 Å². The van der Waals surface area contributed by atoms with Gasteiger partial charge in [-0.15, -0.1) is 0 Å². The number of aromatic nitrogens is 2. The molecule has 0 unspecified atom stereocenters. The summed E-state index contributed by atoms with van der Waals surface area (Å²) in [6, 6.07) is 8.84. The Hall–Kier alpha value is -1.59. The van der Waals surface area contributed by atoms with Crippen LogP contribution in [0.2, 0.25) is 5.02 Å². The molecule has 17 heavy (non-hydrogen) atoms. The van der Waals surface area contributed by atoms with Crippen molar-refractivity contribution in [2.45, 2.75) is 10.1 Å². The number of hydrogen-bond donors (Lipinski definition) is 2. The molecule has 0 saturated heterocycles. The quantitative estimate of drug-likeness (QED) is 0.660. The van der Waals surface area contributed by atoms with Crippen molar-refractivity contribution < 1.29 is 0 Å². The molecule has 0 atom stereocenters. The van der Waals surface area contributed by atoms with E-state index in [0.717, 1.165) is 0 Å². The summed E-state index contributed by atoms with van der Waals surface area (Å²) in [4.78, 5) is 8.38. The van der Waals surface area contributed by atoms with Gasteiger partial charge in [-0.05, 0) is 36.0 Å². The van der Waals surface area contributed by atoms with E-state index >= 15 is 0 Å². The van der Waals surface area contributed by atoms with Crippen LogP contribution in [-0.4, -0.2) is 15.8 Å². The molecular weight excluding hydrogens is 256 g/mol. The molecule has 0 aromatic carbocycles. The van der Waals surface area contributed by atoms with Crippen LogP contribution in [0.1, 0.15) is 5.69 Å². The minimum atomic E-state index is -0.0560. The second kappa shape index (κ2) is 5.16. The highest BCUT2D eigenvalue weighted by Crippen LogP contribution is 2.29. The lowest BCUT2D eigenvalue weighted by atomic mass is 10.3. The Bertz CT molecular complexity index is 559. The number of amidine groups is 1. The average Bonchev–Trinajstić information content (AvgIpc) is 2.32. The first-order valence-electron chi connectivity index (χ1n) is 4.76. The van der Waals surface area contributed by atoms with Gasteiger partial charge in [0.2, 0.25) is 0 Å². The van der Waals surface area contributed by atoms with Crippen molar-refractivity contribution in [1.82, 2.24) is 9.97 Å². The lowest BCUT2D eigenvalue weighted by Gasteiger charge is -2.03. The van der Waals surface area contributed by atoms with Gasteiger partial charge in [-0.2, -0.15) is 0 Å². The first-order chi connectivity index (χ1) is 8.16. The number of nitrogens with one attached hydrogen (secondary N) is 1. The van der Waals surface area contributed by atoms with Crippen LogP contribution in [0.15, 0.2) is 46.6 Å². The minimum absolute atomic E-state index is 0.0560. The molecule has 0 amide bonds. The lowest BCUT2D eigenvalue weighted by Crippen LogP contribution is -2.12. The number of pyridine rings is 2. The highest BCUT2D eigenvalue weighted by atomic mass is 35.5. The van der Waals surface area contributed by atoms with Crippen molar-refractivity contribution in [2.75, 3.05) is 0 Å². The van der Waals surface area contributed by atoms with E-state index in [1.165, 1.54) is 11.8 Å². The predicted octanol–water partition coefficient (Wildman–Crippen LogP) is 2.57. The Morgan fingerprint density at radius 2 is 2.12 bits per heavy atom. The second-order valence-electron chi connectivity index (χ2n) is 3.17. The smallest absolute Gasteiger partial charge is 0.141 e. The molecule has 2 aromatic heterocycles. The van der Waals surface area contributed by atoms with E-state index < -0.39 is 0 Å². The molecule has 3 N–H and O–H groups in total. The highest BCUT2D eigenvalue weighted by molar-refractivity contribution is 7.99. The van der Waals surface area contributed by atoms with E-state index in [-0.39, 0.29) is 5.84 Å². The van der Waals surface area contributed by atoms with Gasteiger partial charge in [0.1, 0.15) is 21.6 Å². The third-order valence-corrected chi connectivity index (χ3v) is 3.30. The molecule has 0 spiro atoms. The Kier molecular flexibility index (Phi) is 3.61. The standard InChI is InChI=1S/C11H9ClN4S/c12-7-3-2-6-15-11(7)17-9-5-1-4-8(16-9)10(13)14/h1-6H,(H3,13,14). The third-order valence-electron chi connectivity index (χ3n) is 1.93. The van der Waals surface area contributed by atoms with E-state index in [4.69, 9.17) is 22.7 Å². The van der Waals surface area contributed by atoms with Crippen molar-refractivity contribution in [1.29, 1.82) is 5.41 Å². The van der Waals surface area contributed by atoms with Crippen molar-refractivity contribution in [3.8, 4) is 0 Å². The summed E-state index contributed by atoms with van der Waals surface area (Å²) in [5, 5.41) is 9.28. The molecule has 0 radical (unpaired) electrons. The maximum absolute atomic E-state index is 7.32. The van der Waals surface area contributed by atoms with Crippen molar-refractivity contribution in [3.63, 3.8) is 0 Å². The number of rotatable bonds is 3. The van der Waals surface area contributed by atoms with Gasteiger partial charge >= 0.3 is 0 Å². The van der Waals surface area contributed by atoms with Crippen LogP contribution in [0.25, 0.3) is 0 Å². The Morgan fingerprint density at radius 1 is 1.29 bits per heavy atom. The monoisotopic (exact) mass is 264 g/mol. The molecule has 0 aliphatic rings. The van der Waals surface area contributed by atoms with E-state index in [1.807, 2.05) is 6.07 Å². The molecule has 2 heterocycles. The van der Waals surface area contributed by atoms with Crippen LogP contribution < -0.4 is 5.73 Å². The Morgan fingerprint density at radius 3 is 2.82 bits per heavy atom. The van der Waals surface area contributed by atoms with Crippen LogP contribution in [0.4, 0.5) is 0 Å². The SMILES string of the molecule is N=C(N)c1cccc(Sc2ncccc2Cl)n1. The molecule has 0 aliphatic carbocycles. The van der Waals surface area contributed by atoms with E-state index in [0.29, 0.717) is 20.8 Å². The molecule has 4 nitrogen and oxygen atoms in total. The number of nitrogens with two attached hydrogens (primary N) is 1. The topological polar surface area (TPSA) is 75.7 Å². The summed E-state index contributed by atoms with van der Waals surface area (Å²) in [5.41, 5.74) is 5.82. The molecule has 86 valence electrons. The molecule has 0 aliphatic heterocycles. The molecule has 2 rings (SSSR count). The van der Waals surface area contributed by atoms with Gasteiger partial charge in [-0.25, -0.2) is 9.97 Å². The fourth-order valence-corrected chi connectivity index (χ4v) is 2.17. The van der Waals surface area contributed by atoms with Gasteiger partial charge in [-0.3, -0.25) is 5.41 Å². The maximum Gasteiger partial charge on any atom is 0.141 e. The number of nitrogens with zero attached hydrogens (tertiary/aromatic N) is 2. The van der Waals surface area contributed by atoms with Gasteiger partial charge in [0, 0.05) is 6.20 Å². The zero-order chi connectivity index (χ0) is 12.3. The van der Waals surface area contributed by atoms with Crippen LogP contribution in [0.5, 0.6) is 0 Å². The lowest BCUT2D eigenvalue weighted by molar-refractivity contribution is 1.08. The second-order valence-corrected chi connectivity index (χ2v) is 4.58. The fourth-order valence-electron chi connectivity index (χ4n) is 1.17. The fraction of sp³-hybridized carbons (Fsp3) is 0. The van der Waals surface area contributed by atoms with Gasteiger partial charge in [0.15, 0.2) is 0 Å². The average molecular weight is 265 g/mol. The van der Waals surface area contributed by atoms with Gasteiger partial charge in [0.25, 0.3) is 0 Å². The van der Waals surface area contributed by atoms with E-state index in [2.05, 4.69) is 9.97 Å². The molecule has 2 aromatic rings. The summed E-state index contributed by atoms with van der Waals surface area (Å²) >= 11 is 7.34. The summed E-state index contributed by atoms with van der Waals surface area (Å²) in [6.45, 7) is 0. The zero-order valence-corrected chi connectivity index (χ0v) is 10.3. The third kappa shape index (κ3) is 2.95. The Labute approximate surface area is 108 Å². The summed E-state index contributed by atoms with van der Waals surface area (Å²) in [5.74, 6) is -0.0560. The van der Waals surface area contributed by atoms with Crippen LogP contribution in [0.3, 0.4) is 0 Å². The van der Waals surface area contributed by atoms with Gasteiger partial charge < -0.3 is 5.73 Å². The van der Waals surface area contributed by atoms with Crippen LogP contribution in [0, 0.1) is 5.41 Å². The van der Waals surface area contributed by atoms with Crippen molar-refractivity contribution >= 4 is 29.2 Å². The van der Waals surface area contributed by atoms with E-state index in [9.17, 15) is 0 Å². The summed E-state index contributed by atoms with van der Waals surface area (Å²) in [6.07, 6.45) is 1.67. The largest absolute Gasteiger partial charge is 0.382 e. The normalized spacial score (nSPS) is 10.2. The minimum Gasteiger partial charge on any atom is -0.382 e. The van der Waals surface area contributed by atoms with Crippen LogP contribution >= 0.6 is 23.4 Å². The van der Waals surface area contributed by atoms with Gasteiger partial charge in [-0.1, -0.05) is 17.7 Å². The molecule has 6 heteroatoms.